The van der Waals surface area contributed by atoms with Crippen molar-refractivity contribution in [2.24, 2.45) is 0 Å². The second kappa shape index (κ2) is 3.60. The summed E-state index contributed by atoms with van der Waals surface area (Å²) in [5.74, 6) is 0. The molecule has 1 aliphatic heterocycles. The third kappa shape index (κ3) is 2.09. The number of nitrogens with zero attached hydrogens (tertiary/aromatic N) is 1. The first-order chi connectivity index (χ1) is 5.86. The van der Waals surface area contributed by atoms with Gasteiger partial charge in [0.2, 0.25) is 0 Å². The molecule has 0 atom stereocenters. The van der Waals surface area contributed by atoms with Crippen molar-refractivity contribution in [3.8, 4) is 0 Å². The highest BCUT2D eigenvalue weighted by atomic mass is 32.1. The van der Waals surface area contributed by atoms with Gasteiger partial charge >= 0.3 is 0 Å². The molecule has 0 unspecified atom stereocenters. The molecule has 0 bridgehead atoms. The molecule has 0 aromatic heterocycles. The molecular formula is C9H16N2S. The summed E-state index contributed by atoms with van der Waals surface area (Å²) >= 11 is 5.30. The largest absolute Gasteiger partial charge is 0.360 e. The fourth-order valence-electron chi connectivity index (χ4n) is 1.59. The molecule has 1 aliphatic carbocycles. The van der Waals surface area contributed by atoms with Crippen LogP contribution in [0.3, 0.4) is 0 Å². The van der Waals surface area contributed by atoms with Crippen LogP contribution in [0.25, 0.3) is 0 Å². The molecule has 68 valence electrons. The van der Waals surface area contributed by atoms with Crippen LogP contribution in [-0.2, 0) is 0 Å². The van der Waals surface area contributed by atoms with Crippen molar-refractivity contribution in [1.82, 2.24) is 10.2 Å². The SMILES string of the molecule is S=C(NC1CC1)N1CCCCC1. The highest BCUT2D eigenvalue weighted by molar-refractivity contribution is 7.80. The number of rotatable bonds is 1. The number of likely N-dealkylation sites (tertiary alicyclic amines) is 1. The van der Waals surface area contributed by atoms with Gasteiger partial charge in [0, 0.05) is 19.1 Å². The lowest BCUT2D eigenvalue weighted by Gasteiger charge is -2.29. The van der Waals surface area contributed by atoms with Crippen LogP contribution in [0.1, 0.15) is 32.1 Å². The van der Waals surface area contributed by atoms with Crippen molar-refractivity contribution in [3.05, 3.63) is 0 Å². The van der Waals surface area contributed by atoms with Crippen LogP contribution < -0.4 is 5.32 Å². The zero-order chi connectivity index (χ0) is 8.39. The second-order valence-corrected chi connectivity index (χ2v) is 4.16. The molecule has 2 fully saturated rings. The van der Waals surface area contributed by atoms with Crippen molar-refractivity contribution in [2.45, 2.75) is 38.1 Å². The van der Waals surface area contributed by atoms with Crippen LogP contribution in [0.15, 0.2) is 0 Å². The average molecular weight is 184 g/mol. The van der Waals surface area contributed by atoms with Gasteiger partial charge in [0.05, 0.1) is 0 Å². The number of nitrogens with one attached hydrogen (secondary N) is 1. The van der Waals surface area contributed by atoms with E-state index in [0.717, 1.165) is 5.11 Å². The Kier molecular flexibility index (Phi) is 2.49. The van der Waals surface area contributed by atoms with Gasteiger partial charge in [-0.25, -0.2) is 0 Å². The molecule has 3 heteroatoms. The van der Waals surface area contributed by atoms with Gasteiger partial charge < -0.3 is 10.2 Å². The fourth-order valence-corrected chi connectivity index (χ4v) is 1.94. The molecule has 12 heavy (non-hydrogen) atoms. The van der Waals surface area contributed by atoms with E-state index in [-0.39, 0.29) is 0 Å². The van der Waals surface area contributed by atoms with E-state index in [0.29, 0.717) is 6.04 Å². The van der Waals surface area contributed by atoms with Crippen LogP contribution in [0.5, 0.6) is 0 Å². The molecule has 2 aliphatic rings. The minimum atomic E-state index is 0.708. The molecule has 2 nitrogen and oxygen atoms in total. The first kappa shape index (κ1) is 8.30. The summed E-state index contributed by atoms with van der Waals surface area (Å²) in [5.41, 5.74) is 0. The average Bonchev–Trinajstić information content (AvgIpc) is 2.90. The summed E-state index contributed by atoms with van der Waals surface area (Å²) in [6.45, 7) is 2.33. The van der Waals surface area contributed by atoms with Crippen molar-refractivity contribution in [3.63, 3.8) is 0 Å². The minimum absolute atomic E-state index is 0.708. The maximum absolute atomic E-state index is 5.30. The van der Waals surface area contributed by atoms with Gasteiger partial charge in [0.25, 0.3) is 0 Å². The number of hydrogen-bond donors (Lipinski definition) is 1. The number of thiocarbonyl (C=S) groups is 1. The predicted molar refractivity (Wildman–Crippen MR) is 54.2 cm³/mol. The lowest BCUT2D eigenvalue weighted by atomic mass is 10.1. The fraction of sp³-hybridized carbons (Fsp3) is 0.889. The third-order valence-electron chi connectivity index (χ3n) is 2.55. The van der Waals surface area contributed by atoms with Crippen LogP contribution in [0.2, 0.25) is 0 Å². The Balaban J connectivity index is 1.76. The lowest BCUT2D eigenvalue weighted by Crippen LogP contribution is -2.43. The number of piperidine rings is 1. The molecule has 0 amide bonds. The Morgan fingerprint density at radius 3 is 2.42 bits per heavy atom. The van der Waals surface area contributed by atoms with Gasteiger partial charge in [-0.2, -0.15) is 0 Å². The zero-order valence-corrected chi connectivity index (χ0v) is 8.20. The van der Waals surface area contributed by atoms with Gasteiger partial charge in [-0.3, -0.25) is 0 Å². The second-order valence-electron chi connectivity index (χ2n) is 3.77. The van der Waals surface area contributed by atoms with Crippen molar-refractivity contribution in [2.75, 3.05) is 13.1 Å². The standard InChI is InChI=1S/C9H16N2S/c12-9(10-8-4-5-8)11-6-2-1-3-7-11/h8H,1-7H2,(H,10,12). The lowest BCUT2D eigenvalue weighted by molar-refractivity contribution is 0.337. The summed E-state index contributed by atoms with van der Waals surface area (Å²) in [7, 11) is 0. The maximum atomic E-state index is 5.30. The summed E-state index contributed by atoms with van der Waals surface area (Å²) in [6.07, 6.45) is 6.63. The summed E-state index contributed by atoms with van der Waals surface area (Å²) in [4.78, 5) is 2.32. The Hall–Kier alpha value is -0.310. The molecular weight excluding hydrogens is 168 g/mol. The van der Waals surface area contributed by atoms with E-state index < -0.39 is 0 Å². The normalized spacial score (nSPS) is 23.8. The molecule has 0 aromatic rings. The van der Waals surface area contributed by atoms with Crippen molar-refractivity contribution in [1.29, 1.82) is 0 Å². The molecule has 1 saturated heterocycles. The summed E-state index contributed by atoms with van der Waals surface area (Å²) < 4.78 is 0. The van der Waals surface area contributed by atoms with E-state index in [4.69, 9.17) is 12.2 Å². The first-order valence-electron chi connectivity index (χ1n) is 4.92. The third-order valence-corrected chi connectivity index (χ3v) is 2.92. The molecule has 1 saturated carbocycles. The topological polar surface area (TPSA) is 15.3 Å². The van der Waals surface area contributed by atoms with Gasteiger partial charge in [-0.1, -0.05) is 0 Å². The molecule has 1 heterocycles. The van der Waals surface area contributed by atoms with Crippen molar-refractivity contribution < 1.29 is 0 Å². The Morgan fingerprint density at radius 1 is 1.17 bits per heavy atom. The van der Waals surface area contributed by atoms with E-state index in [1.165, 1.54) is 45.2 Å². The Morgan fingerprint density at radius 2 is 1.83 bits per heavy atom. The minimum Gasteiger partial charge on any atom is -0.360 e. The van der Waals surface area contributed by atoms with Gasteiger partial charge in [-0.05, 0) is 44.3 Å². The Bertz CT molecular complexity index is 171. The van der Waals surface area contributed by atoms with Gasteiger partial charge in [-0.15, -0.1) is 0 Å². The first-order valence-corrected chi connectivity index (χ1v) is 5.32. The summed E-state index contributed by atoms with van der Waals surface area (Å²) in [6, 6.07) is 0.708. The molecule has 0 radical (unpaired) electrons. The molecule has 1 N–H and O–H groups in total. The number of hydrogen-bond acceptors (Lipinski definition) is 1. The molecule has 0 spiro atoms. The van der Waals surface area contributed by atoms with Crippen LogP contribution >= 0.6 is 12.2 Å². The Labute approximate surface area is 79.3 Å². The van der Waals surface area contributed by atoms with Crippen LogP contribution in [0.4, 0.5) is 0 Å². The maximum Gasteiger partial charge on any atom is 0.169 e. The van der Waals surface area contributed by atoms with E-state index in [1.54, 1.807) is 0 Å². The highest BCUT2D eigenvalue weighted by Gasteiger charge is 2.24. The monoisotopic (exact) mass is 184 g/mol. The van der Waals surface area contributed by atoms with E-state index in [9.17, 15) is 0 Å². The van der Waals surface area contributed by atoms with E-state index in [2.05, 4.69) is 10.2 Å². The van der Waals surface area contributed by atoms with Crippen LogP contribution in [0, 0.1) is 0 Å². The van der Waals surface area contributed by atoms with Gasteiger partial charge in [0.15, 0.2) is 5.11 Å². The zero-order valence-electron chi connectivity index (χ0n) is 7.38. The van der Waals surface area contributed by atoms with E-state index >= 15 is 0 Å². The predicted octanol–water partition coefficient (Wildman–Crippen LogP) is 1.51. The van der Waals surface area contributed by atoms with Crippen molar-refractivity contribution >= 4 is 17.3 Å². The quantitative estimate of drug-likeness (QED) is 0.622. The summed E-state index contributed by atoms with van der Waals surface area (Å²) in [5, 5.41) is 4.38. The van der Waals surface area contributed by atoms with Gasteiger partial charge in [0.1, 0.15) is 0 Å². The molecule has 0 aromatic carbocycles. The smallest absolute Gasteiger partial charge is 0.169 e. The molecule has 2 rings (SSSR count). The highest BCUT2D eigenvalue weighted by Crippen LogP contribution is 2.19. The van der Waals surface area contributed by atoms with Crippen LogP contribution in [-0.4, -0.2) is 29.1 Å². The van der Waals surface area contributed by atoms with E-state index in [1.807, 2.05) is 0 Å².